The van der Waals surface area contributed by atoms with Gasteiger partial charge >= 0.3 is 0 Å². The van der Waals surface area contributed by atoms with E-state index >= 15 is 0 Å². The predicted molar refractivity (Wildman–Crippen MR) is 67.4 cm³/mol. The van der Waals surface area contributed by atoms with Crippen molar-refractivity contribution in [3.63, 3.8) is 0 Å². The van der Waals surface area contributed by atoms with Crippen molar-refractivity contribution >= 4 is 22.2 Å². The van der Waals surface area contributed by atoms with E-state index in [-0.39, 0.29) is 5.91 Å². The van der Waals surface area contributed by atoms with Crippen LogP contribution in [0.3, 0.4) is 0 Å². The third kappa shape index (κ3) is 2.35. The minimum atomic E-state index is 0.251. The number of likely N-dealkylation sites (tertiary alicyclic amines) is 1. The van der Waals surface area contributed by atoms with Crippen molar-refractivity contribution in [2.75, 3.05) is 13.1 Å². The number of carbonyl (C=O) groups excluding carboxylic acids is 1. The van der Waals surface area contributed by atoms with E-state index in [9.17, 15) is 4.79 Å². The van der Waals surface area contributed by atoms with E-state index in [4.69, 9.17) is 0 Å². The molecule has 0 bridgehead atoms. The van der Waals surface area contributed by atoms with Gasteiger partial charge in [-0.15, -0.1) is 10.2 Å². The number of carbonyl (C=O) groups is 1. The molecule has 6 nitrogen and oxygen atoms in total. The van der Waals surface area contributed by atoms with Gasteiger partial charge < -0.3 is 4.90 Å². The Kier molecular flexibility index (Phi) is 3.22. The van der Waals surface area contributed by atoms with E-state index in [1.54, 1.807) is 10.8 Å². The Balaban J connectivity index is 1.57. The summed E-state index contributed by atoms with van der Waals surface area (Å²) < 4.78 is 1.66. The molecule has 3 rings (SSSR count). The lowest BCUT2D eigenvalue weighted by Gasteiger charge is -2.26. The third-order valence-electron chi connectivity index (χ3n) is 3.19. The number of hydrogen-bond donors (Lipinski definition) is 0. The van der Waals surface area contributed by atoms with Gasteiger partial charge in [0, 0.05) is 25.9 Å². The summed E-state index contributed by atoms with van der Waals surface area (Å²) in [6.45, 7) is 1.84. The highest BCUT2D eigenvalue weighted by atomic mass is 32.1. The highest BCUT2D eigenvalue weighted by Crippen LogP contribution is 2.15. The summed E-state index contributed by atoms with van der Waals surface area (Å²) in [6, 6.07) is 0. The van der Waals surface area contributed by atoms with Gasteiger partial charge in [-0.1, -0.05) is 11.3 Å². The first-order valence-corrected chi connectivity index (χ1v) is 7.08. The first kappa shape index (κ1) is 11.6. The summed E-state index contributed by atoms with van der Waals surface area (Å²) in [4.78, 5) is 14.8. The zero-order chi connectivity index (χ0) is 12.4. The van der Waals surface area contributed by atoms with Crippen molar-refractivity contribution in [1.82, 2.24) is 24.7 Å². The van der Waals surface area contributed by atoms with Gasteiger partial charge in [0.05, 0.1) is 0 Å². The van der Waals surface area contributed by atoms with Crippen LogP contribution in [0.1, 0.15) is 30.7 Å². The maximum absolute atomic E-state index is 12.0. The second-order valence-corrected chi connectivity index (χ2v) is 5.54. The molecule has 0 aliphatic carbocycles. The van der Waals surface area contributed by atoms with Gasteiger partial charge in [-0.25, -0.2) is 0 Å². The van der Waals surface area contributed by atoms with Gasteiger partial charge in [-0.2, -0.15) is 9.61 Å². The maximum atomic E-state index is 12.0. The fourth-order valence-electron chi connectivity index (χ4n) is 2.22. The van der Waals surface area contributed by atoms with Crippen LogP contribution in [0.5, 0.6) is 0 Å². The standard InChI is InChI=1S/C11H15N5OS/c17-10(15-6-2-1-3-7-15)5-4-9-14-16-8-12-13-11(16)18-9/h8H,1-7H2. The fraction of sp³-hybridized carbons (Fsp3) is 0.636. The van der Waals surface area contributed by atoms with Crippen LogP contribution in [0.15, 0.2) is 6.33 Å². The summed E-state index contributed by atoms with van der Waals surface area (Å²) >= 11 is 1.50. The molecule has 2 aromatic heterocycles. The molecule has 96 valence electrons. The van der Waals surface area contributed by atoms with Gasteiger partial charge in [-0.3, -0.25) is 4.79 Å². The van der Waals surface area contributed by atoms with Crippen molar-refractivity contribution in [3.05, 3.63) is 11.3 Å². The zero-order valence-corrected chi connectivity index (χ0v) is 10.9. The van der Waals surface area contributed by atoms with E-state index in [0.717, 1.165) is 35.9 Å². The molecule has 2 aromatic rings. The maximum Gasteiger partial charge on any atom is 0.234 e. The number of amides is 1. The molecule has 0 radical (unpaired) electrons. The molecule has 0 N–H and O–H groups in total. The van der Waals surface area contributed by atoms with E-state index in [1.807, 2.05) is 4.90 Å². The number of aromatic nitrogens is 4. The normalized spacial score (nSPS) is 16.3. The Hall–Kier alpha value is -1.50. The highest BCUT2D eigenvalue weighted by molar-refractivity contribution is 7.16. The molecular weight excluding hydrogens is 250 g/mol. The van der Waals surface area contributed by atoms with Gasteiger partial charge in [0.2, 0.25) is 10.9 Å². The summed E-state index contributed by atoms with van der Waals surface area (Å²) in [5.41, 5.74) is 0. The van der Waals surface area contributed by atoms with Gasteiger partial charge in [0.1, 0.15) is 11.3 Å². The van der Waals surface area contributed by atoms with Crippen molar-refractivity contribution in [1.29, 1.82) is 0 Å². The molecule has 0 unspecified atom stereocenters. The molecule has 1 saturated heterocycles. The van der Waals surface area contributed by atoms with E-state index in [2.05, 4.69) is 15.3 Å². The van der Waals surface area contributed by atoms with Crippen molar-refractivity contribution in [3.8, 4) is 0 Å². The second-order valence-electron chi connectivity index (χ2n) is 4.50. The first-order valence-electron chi connectivity index (χ1n) is 6.26. The van der Waals surface area contributed by atoms with Crippen LogP contribution in [0, 0.1) is 0 Å². The molecule has 18 heavy (non-hydrogen) atoms. The van der Waals surface area contributed by atoms with Crippen LogP contribution in [0.4, 0.5) is 0 Å². The van der Waals surface area contributed by atoms with E-state index in [1.165, 1.54) is 17.8 Å². The molecule has 0 saturated carbocycles. The lowest BCUT2D eigenvalue weighted by molar-refractivity contribution is -0.132. The number of piperidine rings is 1. The second kappa shape index (κ2) is 5.01. The molecule has 3 heterocycles. The highest BCUT2D eigenvalue weighted by Gasteiger charge is 2.17. The summed E-state index contributed by atoms with van der Waals surface area (Å²) in [7, 11) is 0. The minimum Gasteiger partial charge on any atom is -0.343 e. The Morgan fingerprint density at radius 3 is 2.94 bits per heavy atom. The predicted octanol–water partition coefficient (Wildman–Crippen LogP) is 1.13. The monoisotopic (exact) mass is 265 g/mol. The van der Waals surface area contributed by atoms with Gasteiger partial charge in [-0.05, 0) is 19.3 Å². The number of fused-ring (bicyclic) bond motifs is 1. The zero-order valence-electron chi connectivity index (χ0n) is 10.1. The molecule has 1 aliphatic heterocycles. The van der Waals surface area contributed by atoms with Crippen molar-refractivity contribution in [2.45, 2.75) is 32.1 Å². The third-order valence-corrected chi connectivity index (χ3v) is 4.16. The van der Waals surface area contributed by atoms with Crippen molar-refractivity contribution < 1.29 is 4.79 Å². The molecular formula is C11H15N5OS. The first-order chi connectivity index (χ1) is 8.83. The van der Waals surface area contributed by atoms with E-state index in [0.29, 0.717) is 12.8 Å². The van der Waals surface area contributed by atoms with Crippen LogP contribution in [-0.4, -0.2) is 43.7 Å². The number of nitrogens with zero attached hydrogens (tertiary/aromatic N) is 5. The number of aryl methyl sites for hydroxylation is 1. The molecule has 1 fully saturated rings. The Morgan fingerprint density at radius 1 is 1.33 bits per heavy atom. The average molecular weight is 265 g/mol. The Morgan fingerprint density at radius 2 is 2.17 bits per heavy atom. The topological polar surface area (TPSA) is 63.4 Å². The molecule has 7 heteroatoms. The molecule has 1 amide bonds. The van der Waals surface area contributed by atoms with Crippen LogP contribution in [0.25, 0.3) is 4.96 Å². The fourth-order valence-corrected chi connectivity index (χ4v) is 3.03. The lowest BCUT2D eigenvalue weighted by Crippen LogP contribution is -2.35. The molecule has 0 spiro atoms. The summed E-state index contributed by atoms with van der Waals surface area (Å²) in [6.07, 6.45) is 6.36. The quantitative estimate of drug-likeness (QED) is 0.834. The van der Waals surface area contributed by atoms with Crippen LogP contribution < -0.4 is 0 Å². The number of rotatable bonds is 3. The van der Waals surface area contributed by atoms with Gasteiger partial charge in [0.15, 0.2) is 0 Å². The molecule has 0 atom stereocenters. The number of hydrogen-bond acceptors (Lipinski definition) is 5. The van der Waals surface area contributed by atoms with Crippen LogP contribution >= 0.6 is 11.3 Å². The van der Waals surface area contributed by atoms with Crippen molar-refractivity contribution in [2.24, 2.45) is 0 Å². The van der Waals surface area contributed by atoms with Gasteiger partial charge in [0.25, 0.3) is 0 Å². The minimum absolute atomic E-state index is 0.251. The summed E-state index contributed by atoms with van der Waals surface area (Å²) in [5.74, 6) is 0.251. The molecule has 1 aliphatic rings. The van der Waals surface area contributed by atoms with Crippen LogP contribution in [-0.2, 0) is 11.2 Å². The smallest absolute Gasteiger partial charge is 0.234 e. The van der Waals surface area contributed by atoms with E-state index < -0.39 is 0 Å². The SMILES string of the molecule is O=C(CCc1nn2cnnc2s1)N1CCCCC1. The lowest BCUT2D eigenvalue weighted by atomic mass is 10.1. The average Bonchev–Trinajstić information content (AvgIpc) is 2.97. The Labute approximate surface area is 109 Å². The largest absolute Gasteiger partial charge is 0.343 e. The Bertz CT molecular complexity index is 514. The summed E-state index contributed by atoms with van der Waals surface area (Å²) in [5, 5.41) is 13.0. The van der Waals surface area contributed by atoms with Crippen LogP contribution in [0.2, 0.25) is 0 Å². The molecule has 0 aromatic carbocycles.